The summed E-state index contributed by atoms with van der Waals surface area (Å²) in [5, 5.41) is 5.54. The summed E-state index contributed by atoms with van der Waals surface area (Å²) in [6, 6.07) is 13.1. The summed E-state index contributed by atoms with van der Waals surface area (Å²) < 4.78 is 10.2. The van der Waals surface area contributed by atoms with Crippen molar-refractivity contribution in [2.75, 3.05) is 19.0 Å². The van der Waals surface area contributed by atoms with Crippen LogP contribution in [0.2, 0.25) is 5.02 Å². The van der Waals surface area contributed by atoms with Gasteiger partial charge in [-0.1, -0.05) is 23.7 Å². The van der Waals surface area contributed by atoms with Crippen molar-refractivity contribution in [3.63, 3.8) is 0 Å². The first kappa shape index (κ1) is 20.3. The van der Waals surface area contributed by atoms with E-state index in [0.717, 1.165) is 0 Å². The lowest BCUT2D eigenvalue weighted by atomic mass is 10.2. The summed E-state index contributed by atoms with van der Waals surface area (Å²) in [4.78, 5) is 36.0. The zero-order valence-corrected chi connectivity index (χ0v) is 15.6. The minimum absolute atomic E-state index is 0.356. The summed E-state index contributed by atoms with van der Waals surface area (Å²) in [5.74, 6) is -1.22. The van der Waals surface area contributed by atoms with Crippen LogP contribution in [0.25, 0.3) is 0 Å². The summed E-state index contributed by atoms with van der Waals surface area (Å²) >= 11 is 5.76. The zero-order chi connectivity index (χ0) is 19.8. The molecule has 0 radical (unpaired) electrons. The van der Waals surface area contributed by atoms with Gasteiger partial charge in [-0.25, -0.2) is 0 Å². The van der Waals surface area contributed by atoms with Crippen LogP contribution in [0.15, 0.2) is 48.5 Å². The molecule has 0 heterocycles. The molecule has 0 saturated carbocycles. The van der Waals surface area contributed by atoms with E-state index in [1.807, 2.05) is 0 Å². The molecule has 142 valence electrons. The molecule has 0 aliphatic rings. The number of halogens is 1. The highest BCUT2D eigenvalue weighted by molar-refractivity contribution is 6.30. The number of nitrogens with one attached hydrogen (secondary N) is 2. The Bertz CT molecular complexity index is 823. The van der Waals surface area contributed by atoms with Gasteiger partial charge in [0.05, 0.1) is 12.8 Å². The molecule has 2 amide bonds. The first-order valence-electron chi connectivity index (χ1n) is 8.08. The van der Waals surface area contributed by atoms with Crippen LogP contribution >= 0.6 is 11.6 Å². The molecule has 0 bridgehead atoms. The minimum Gasteiger partial charge on any atom is -0.495 e. The average molecular weight is 391 g/mol. The van der Waals surface area contributed by atoms with Gasteiger partial charge in [-0.3, -0.25) is 14.4 Å². The Kier molecular flexibility index (Phi) is 7.19. The number of ether oxygens (including phenoxy) is 2. The van der Waals surface area contributed by atoms with Crippen LogP contribution in [0.1, 0.15) is 17.3 Å². The molecule has 0 spiro atoms. The lowest BCUT2D eigenvalue weighted by molar-refractivity contribution is -0.152. The van der Waals surface area contributed by atoms with Crippen LogP contribution in [-0.4, -0.2) is 37.5 Å². The number of esters is 1. The van der Waals surface area contributed by atoms with E-state index >= 15 is 0 Å². The number of carbonyl (C=O) groups excluding carboxylic acids is 3. The molecule has 0 aromatic heterocycles. The van der Waals surface area contributed by atoms with Gasteiger partial charge >= 0.3 is 5.97 Å². The number of hydrogen-bond acceptors (Lipinski definition) is 5. The number of amides is 2. The van der Waals surface area contributed by atoms with Gasteiger partial charge in [0.1, 0.15) is 12.3 Å². The van der Waals surface area contributed by atoms with Crippen molar-refractivity contribution < 1.29 is 23.9 Å². The van der Waals surface area contributed by atoms with Gasteiger partial charge in [0.25, 0.3) is 11.8 Å². The second kappa shape index (κ2) is 9.59. The lowest BCUT2D eigenvalue weighted by Crippen LogP contribution is -2.35. The van der Waals surface area contributed by atoms with Crippen molar-refractivity contribution in [3.05, 3.63) is 59.1 Å². The number of carbonyl (C=O) groups is 3. The van der Waals surface area contributed by atoms with Gasteiger partial charge in [0.15, 0.2) is 6.10 Å². The highest BCUT2D eigenvalue weighted by atomic mass is 35.5. The molecule has 1 atom stereocenters. The van der Waals surface area contributed by atoms with Crippen LogP contribution in [-0.2, 0) is 14.3 Å². The van der Waals surface area contributed by atoms with Crippen molar-refractivity contribution in [2.45, 2.75) is 13.0 Å². The van der Waals surface area contributed by atoms with E-state index in [2.05, 4.69) is 10.6 Å². The fourth-order valence-electron chi connectivity index (χ4n) is 2.13. The van der Waals surface area contributed by atoms with Crippen molar-refractivity contribution >= 4 is 35.1 Å². The first-order valence-corrected chi connectivity index (χ1v) is 8.45. The van der Waals surface area contributed by atoms with E-state index in [4.69, 9.17) is 21.1 Å². The highest BCUT2D eigenvalue weighted by Crippen LogP contribution is 2.23. The topological polar surface area (TPSA) is 93.7 Å². The fraction of sp³-hybridized carbons (Fsp3) is 0.211. The molecule has 0 aliphatic carbocycles. The predicted octanol–water partition coefficient (Wildman–Crippen LogP) is 2.65. The molecule has 0 aliphatic heterocycles. The molecule has 0 saturated heterocycles. The molecule has 2 rings (SSSR count). The summed E-state index contributed by atoms with van der Waals surface area (Å²) in [5.41, 5.74) is 0.818. The molecule has 2 aromatic rings. The van der Waals surface area contributed by atoms with E-state index in [1.165, 1.54) is 26.2 Å². The smallest absolute Gasteiger partial charge is 0.326 e. The Morgan fingerprint density at radius 3 is 2.41 bits per heavy atom. The van der Waals surface area contributed by atoms with E-state index in [0.29, 0.717) is 22.0 Å². The molecular formula is C19H19ClN2O5. The Morgan fingerprint density at radius 2 is 1.74 bits per heavy atom. The van der Waals surface area contributed by atoms with E-state index in [-0.39, 0.29) is 6.54 Å². The van der Waals surface area contributed by atoms with Gasteiger partial charge in [-0.05, 0) is 43.3 Å². The maximum Gasteiger partial charge on any atom is 0.326 e. The normalized spacial score (nSPS) is 11.2. The van der Waals surface area contributed by atoms with E-state index < -0.39 is 23.9 Å². The fourth-order valence-corrected chi connectivity index (χ4v) is 2.26. The number of rotatable bonds is 7. The maximum absolute atomic E-state index is 12.2. The third-order valence-electron chi connectivity index (χ3n) is 3.54. The van der Waals surface area contributed by atoms with Crippen LogP contribution < -0.4 is 15.4 Å². The standard InChI is InChI=1S/C19H19ClN2O5/c1-12(18(24)22-15-5-3-4-6-16(15)26-2)27-17(23)11-21-19(25)13-7-9-14(20)10-8-13/h3-10,12H,11H2,1-2H3,(H,21,25)(H,22,24)/t12-/m1/s1. The van der Waals surface area contributed by atoms with E-state index in [1.54, 1.807) is 36.4 Å². The van der Waals surface area contributed by atoms with Crippen LogP contribution in [0.3, 0.4) is 0 Å². The maximum atomic E-state index is 12.2. The quantitative estimate of drug-likeness (QED) is 0.709. The van der Waals surface area contributed by atoms with Gasteiger partial charge in [0, 0.05) is 10.6 Å². The van der Waals surface area contributed by atoms with Gasteiger partial charge in [-0.15, -0.1) is 0 Å². The lowest BCUT2D eigenvalue weighted by Gasteiger charge is -2.15. The van der Waals surface area contributed by atoms with E-state index in [9.17, 15) is 14.4 Å². The van der Waals surface area contributed by atoms with Crippen LogP contribution in [0.5, 0.6) is 5.75 Å². The molecule has 0 fully saturated rings. The number of anilines is 1. The summed E-state index contributed by atoms with van der Waals surface area (Å²) in [6.07, 6.45) is -1.05. The number of benzene rings is 2. The molecular weight excluding hydrogens is 372 g/mol. The van der Waals surface area contributed by atoms with Crippen molar-refractivity contribution in [3.8, 4) is 5.75 Å². The Morgan fingerprint density at radius 1 is 1.07 bits per heavy atom. The van der Waals surface area contributed by atoms with Gasteiger partial charge < -0.3 is 20.1 Å². The molecule has 2 N–H and O–H groups in total. The number of hydrogen-bond donors (Lipinski definition) is 2. The second-order valence-corrected chi connectivity index (χ2v) is 5.95. The zero-order valence-electron chi connectivity index (χ0n) is 14.8. The van der Waals surface area contributed by atoms with Crippen molar-refractivity contribution in [1.29, 1.82) is 0 Å². The molecule has 27 heavy (non-hydrogen) atoms. The molecule has 8 heteroatoms. The van der Waals surface area contributed by atoms with Gasteiger partial charge in [-0.2, -0.15) is 0 Å². The summed E-state index contributed by atoms with van der Waals surface area (Å²) in [6.45, 7) is 1.07. The average Bonchev–Trinajstić information content (AvgIpc) is 2.67. The van der Waals surface area contributed by atoms with Crippen molar-refractivity contribution in [2.24, 2.45) is 0 Å². The third-order valence-corrected chi connectivity index (χ3v) is 3.79. The minimum atomic E-state index is -1.05. The van der Waals surface area contributed by atoms with Crippen LogP contribution in [0, 0.1) is 0 Å². The Hall–Kier alpha value is -3.06. The Balaban J connectivity index is 1.83. The molecule has 0 unspecified atom stereocenters. The number of para-hydroxylation sites is 2. The molecule has 2 aromatic carbocycles. The number of methoxy groups -OCH3 is 1. The van der Waals surface area contributed by atoms with Gasteiger partial charge in [0.2, 0.25) is 0 Å². The monoisotopic (exact) mass is 390 g/mol. The molecule has 7 nitrogen and oxygen atoms in total. The SMILES string of the molecule is COc1ccccc1NC(=O)[C@@H](C)OC(=O)CNC(=O)c1ccc(Cl)cc1. The Labute approximate surface area is 161 Å². The third kappa shape index (κ3) is 6.00. The predicted molar refractivity (Wildman–Crippen MR) is 101 cm³/mol. The first-order chi connectivity index (χ1) is 12.9. The largest absolute Gasteiger partial charge is 0.495 e. The summed E-state index contributed by atoms with van der Waals surface area (Å²) in [7, 11) is 1.48. The highest BCUT2D eigenvalue weighted by Gasteiger charge is 2.19. The second-order valence-electron chi connectivity index (χ2n) is 5.51. The van der Waals surface area contributed by atoms with Crippen molar-refractivity contribution in [1.82, 2.24) is 5.32 Å². The van der Waals surface area contributed by atoms with Crippen LogP contribution in [0.4, 0.5) is 5.69 Å².